The highest BCUT2D eigenvalue weighted by molar-refractivity contribution is 6.09. The van der Waals surface area contributed by atoms with Gasteiger partial charge in [-0.15, -0.1) is 0 Å². The molecule has 0 bridgehead atoms. The predicted octanol–water partition coefficient (Wildman–Crippen LogP) is 5.72. The molecule has 2 aromatic carbocycles. The van der Waals surface area contributed by atoms with Crippen molar-refractivity contribution in [2.24, 2.45) is 10.9 Å². The van der Waals surface area contributed by atoms with Crippen molar-refractivity contribution in [1.82, 2.24) is 25.0 Å². The van der Waals surface area contributed by atoms with Crippen LogP contribution in [0.25, 0.3) is 10.9 Å². The molecule has 1 unspecified atom stereocenters. The molecule has 42 heavy (non-hydrogen) atoms. The Labute approximate surface area is 244 Å². The first-order valence-corrected chi connectivity index (χ1v) is 14.3. The fourth-order valence-electron chi connectivity index (χ4n) is 5.48. The second-order valence-electron chi connectivity index (χ2n) is 11.0. The molecule has 1 fully saturated rings. The first kappa shape index (κ1) is 27.8. The molecular weight excluding hydrogens is 536 g/mol. The molecule has 1 saturated heterocycles. The van der Waals surface area contributed by atoms with Crippen molar-refractivity contribution in [3.8, 4) is 5.75 Å². The molecule has 0 aliphatic carbocycles. The number of hydrogen-bond acceptors (Lipinski definition) is 7. The number of aromatic nitrogens is 3. The van der Waals surface area contributed by atoms with Crippen LogP contribution in [0, 0.1) is 31.4 Å². The molecule has 0 amide bonds. The Morgan fingerprint density at radius 2 is 1.86 bits per heavy atom. The molecule has 10 heteroatoms. The molecule has 8 nitrogen and oxygen atoms in total. The van der Waals surface area contributed by atoms with E-state index in [0.29, 0.717) is 18.2 Å². The third kappa shape index (κ3) is 5.46. The molecule has 2 aliphatic rings. The highest BCUT2D eigenvalue weighted by Gasteiger charge is 2.30. The number of halogens is 2. The number of benzene rings is 2. The number of rotatable bonds is 8. The molecule has 4 aromatic rings. The van der Waals surface area contributed by atoms with Crippen molar-refractivity contribution in [2.75, 3.05) is 32.1 Å². The quantitative estimate of drug-likeness (QED) is 0.282. The predicted molar refractivity (Wildman–Crippen MR) is 161 cm³/mol. The van der Waals surface area contributed by atoms with Crippen LogP contribution < -0.4 is 15.4 Å². The van der Waals surface area contributed by atoms with Crippen LogP contribution in [0.1, 0.15) is 42.0 Å². The molecule has 2 aromatic heterocycles. The van der Waals surface area contributed by atoms with E-state index in [2.05, 4.69) is 26.7 Å². The van der Waals surface area contributed by atoms with Crippen molar-refractivity contribution in [2.45, 2.75) is 39.9 Å². The summed E-state index contributed by atoms with van der Waals surface area (Å²) >= 11 is 0. The number of ether oxygens (including phenoxy) is 1. The highest BCUT2D eigenvalue weighted by atomic mass is 19.1. The van der Waals surface area contributed by atoms with E-state index in [4.69, 9.17) is 14.8 Å². The molecule has 6 rings (SSSR count). The van der Waals surface area contributed by atoms with Crippen molar-refractivity contribution in [1.29, 1.82) is 0 Å². The number of para-hydroxylation sites is 1. The summed E-state index contributed by atoms with van der Waals surface area (Å²) in [5, 5.41) is 12.7. The molecule has 2 N–H and O–H groups in total. The number of aliphatic imine (C=N–C) groups is 1. The van der Waals surface area contributed by atoms with Gasteiger partial charge in [-0.25, -0.2) is 13.8 Å². The summed E-state index contributed by atoms with van der Waals surface area (Å²) < 4.78 is 37.0. The molecule has 0 spiro atoms. The van der Waals surface area contributed by atoms with Gasteiger partial charge in [0.25, 0.3) is 0 Å². The highest BCUT2D eigenvalue weighted by Crippen LogP contribution is 2.34. The summed E-state index contributed by atoms with van der Waals surface area (Å²) in [7, 11) is 1.99. The van der Waals surface area contributed by atoms with Gasteiger partial charge in [-0.2, -0.15) is 5.10 Å². The lowest BCUT2D eigenvalue weighted by Crippen LogP contribution is -2.43. The third-order valence-electron chi connectivity index (χ3n) is 7.83. The minimum absolute atomic E-state index is 0.0684. The van der Waals surface area contributed by atoms with E-state index in [1.807, 2.05) is 57.4 Å². The van der Waals surface area contributed by atoms with E-state index in [9.17, 15) is 0 Å². The van der Waals surface area contributed by atoms with Crippen LogP contribution in [-0.4, -0.2) is 52.2 Å². The number of hydrogen-bond donors (Lipinski definition) is 2. The number of aryl methyl sites for hydroxylation is 2. The zero-order valence-corrected chi connectivity index (χ0v) is 24.3. The van der Waals surface area contributed by atoms with Gasteiger partial charge in [-0.05, 0) is 63.9 Å². The van der Waals surface area contributed by atoms with Crippen molar-refractivity contribution >= 4 is 22.4 Å². The maximum atomic E-state index is 15.0. The lowest BCUT2D eigenvalue weighted by atomic mass is 9.93. The SMILES string of the molecule is CCOc1cc(F)c(Cn2nc(C3N=C(Nc4cc(C)ncc4C)C(CC4CNC4)=CN3C)c3ccccc32)c(F)c1. The zero-order chi connectivity index (χ0) is 29.4. The molecule has 1 atom stereocenters. The van der Waals surface area contributed by atoms with Crippen LogP contribution in [-0.2, 0) is 6.54 Å². The lowest BCUT2D eigenvalue weighted by Gasteiger charge is -2.34. The lowest BCUT2D eigenvalue weighted by molar-refractivity contribution is 0.318. The normalized spacial score (nSPS) is 17.2. The van der Waals surface area contributed by atoms with Crippen molar-refractivity contribution < 1.29 is 13.5 Å². The maximum Gasteiger partial charge on any atom is 0.168 e. The fraction of sp³-hybridized carbons (Fsp3) is 0.344. The van der Waals surface area contributed by atoms with Gasteiger partial charge in [0.05, 0.1) is 18.7 Å². The van der Waals surface area contributed by atoms with Gasteiger partial charge in [-0.3, -0.25) is 9.67 Å². The minimum atomic E-state index is -0.667. The average Bonchev–Trinajstić information content (AvgIpc) is 3.30. The zero-order valence-electron chi connectivity index (χ0n) is 24.3. The largest absolute Gasteiger partial charge is 0.494 e. The number of nitrogens with one attached hydrogen (secondary N) is 2. The van der Waals surface area contributed by atoms with Gasteiger partial charge >= 0.3 is 0 Å². The van der Waals surface area contributed by atoms with Gasteiger partial charge in [0, 0.05) is 59.5 Å². The average molecular weight is 572 g/mol. The minimum Gasteiger partial charge on any atom is -0.494 e. The monoisotopic (exact) mass is 571 g/mol. The molecule has 0 saturated carbocycles. The number of pyridine rings is 1. The van der Waals surface area contributed by atoms with Crippen LogP contribution >= 0.6 is 0 Å². The summed E-state index contributed by atoms with van der Waals surface area (Å²) in [6.45, 7) is 7.99. The first-order valence-electron chi connectivity index (χ1n) is 14.3. The molecule has 2 aliphatic heterocycles. The second-order valence-corrected chi connectivity index (χ2v) is 11.0. The van der Waals surface area contributed by atoms with Gasteiger partial charge < -0.3 is 20.3 Å². The topological polar surface area (TPSA) is 79.6 Å². The van der Waals surface area contributed by atoms with Crippen LogP contribution in [0.3, 0.4) is 0 Å². The number of amidine groups is 1. The van der Waals surface area contributed by atoms with Crippen LogP contribution in [0.15, 0.2) is 65.4 Å². The van der Waals surface area contributed by atoms with Gasteiger partial charge in [0.15, 0.2) is 6.17 Å². The maximum absolute atomic E-state index is 15.0. The van der Waals surface area contributed by atoms with Gasteiger partial charge in [0.2, 0.25) is 0 Å². The van der Waals surface area contributed by atoms with Gasteiger partial charge in [0.1, 0.15) is 28.9 Å². The first-order chi connectivity index (χ1) is 20.3. The molecular formula is C32H35F2N7O. The molecule has 4 heterocycles. The Bertz CT molecular complexity index is 1670. The number of fused-ring (bicyclic) bond motifs is 1. The van der Waals surface area contributed by atoms with E-state index in [-0.39, 0.29) is 17.9 Å². The van der Waals surface area contributed by atoms with Crippen LogP contribution in [0.2, 0.25) is 0 Å². The summed E-state index contributed by atoms with van der Waals surface area (Å²) in [6, 6.07) is 12.2. The van der Waals surface area contributed by atoms with Crippen molar-refractivity contribution in [3.05, 3.63) is 94.6 Å². The van der Waals surface area contributed by atoms with Crippen molar-refractivity contribution in [3.63, 3.8) is 0 Å². The van der Waals surface area contributed by atoms with Crippen LogP contribution in [0.5, 0.6) is 5.75 Å². The van der Waals surface area contributed by atoms with E-state index < -0.39 is 17.8 Å². The Hall–Kier alpha value is -4.31. The summed E-state index contributed by atoms with van der Waals surface area (Å²) in [5.74, 6) is 0.175. The fourth-order valence-corrected chi connectivity index (χ4v) is 5.48. The standard InChI is InChI=1S/C32H35F2N7O/c1-5-42-23-12-26(33)25(27(34)13-23)18-41-29-9-7-6-8-24(29)30(39-41)32-38-31(37-28-10-20(3)36-14-19(28)2)22(17-40(32)4)11-21-15-35-16-21/h6-10,12-14,17,21,32,35H,5,11,15-16,18H2,1-4H3,(H,36,37,38). The summed E-state index contributed by atoms with van der Waals surface area (Å²) in [6.07, 6.45) is 4.45. The Morgan fingerprint density at radius 3 is 2.57 bits per heavy atom. The summed E-state index contributed by atoms with van der Waals surface area (Å²) in [4.78, 5) is 11.7. The number of anilines is 1. The molecule has 0 radical (unpaired) electrons. The third-order valence-corrected chi connectivity index (χ3v) is 7.83. The van der Waals surface area contributed by atoms with E-state index in [1.165, 1.54) is 12.1 Å². The second kappa shape index (κ2) is 11.5. The van der Waals surface area contributed by atoms with E-state index in [0.717, 1.165) is 58.8 Å². The smallest absolute Gasteiger partial charge is 0.168 e. The van der Waals surface area contributed by atoms with E-state index in [1.54, 1.807) is 11.6 Å². The Morgan fingerprint density at radius 1 is 1.10 bits per heavy atom. The summed E-state index contributed by atoms with van der Waals surface area (Å²) in [5.41, 5.74) is 5.44. The molecule has 218 valence electrons. The van der Waals surface area contributed by atoms with E-state index >= 15 is 8.78 Å². The number of nitrogens with zero attached hydrogens (tertiary/aromatic N) is 5. The van der Waals surface area contributed by atoms with Gasteiger partial charge in [-0.1, -0.05) is 18.2 Å². The Kier molecular flexibility index (Phi) is 7.64. The van der Waals surface area contributed by atoms with Crippen LogP contribution in [0.4, 0.5) is 14.5 Å². The Balaban J connectivity index is 1.39.